The number of rotatable bonds is 3. The van der Waals surface area contributed by atoms with Crippen LogP contribution in [0.3, 0.4) is 0 Å². The first-order valence-corrected chi connectivity index (χ1v) is 4.17. The van der Waals surface area contributed by atoms with Crippen LogP contribution < -0.4 is 5.73 Å². The van der Waals surface area contributed by atoms with Gasteiger partial charge in [-0.3, -0.25) is 0 Å². The van der Waals surface area contributed by atoms with Crippen molar-refractivity contribution >= 4 is 11.8 Å². The van der Waals surface area contributed by atoms with Crippen molar-refractivity contribution in [2.24, 2.45) is 0 Å². The van der Waals surface area contributed by atoms with Crippen molar-refractivity contribution in [3.05, 3.63) is 35.4 Å². The maximum Gasteiger partial charge on any atom is 0.146 e. The second kappa shape index (κ2) is 4.72. The molecule has 0 aliphatic carbocycles. The number of aliphatic hydroxyl groups excluding tert-OH is 1. The van der Waals surface area contributed by atoms with Crippen molar-refractivity contribution in [2.75, 3.05) is 12.3 Å². The first-order chi connectivity index (χ1) is 6.65. The Morgan fingerprint density at radius 3 is 2.64 bits per heavy atom. The van der Waals surface area contributed by atoms with Gasteiger partial charge >= 0.3 is 0 Å². The molecule has 0 amide bonds. The van der Waals surface area contributed by atoms with Gasteiger partial charge in [0.1, 0.15) is 11.6 Å². The number of nitrogens with two attached hydrogens (primary N) is 1. The second-order valence-electron chi connectivity index (χ2n) is 2.81. The molecule has 0 aromatic heterocycles. The van der Waals surface area contributed by atoms with Crippen LogP contribution in [-0.4, -0.2) is 11.7 Å². The van der Waals surface area contributed by atoms with Crippen molar-refractivity contribution in [3.63, 3.8) is 0 Å². The molecule has 0 fully saturated rings. The Labute approximate surface area is 80.7 Å². The largest absolute Gasteiger partial charge is 0.396 e. The molecule has 3 N–H and O–H groups in total. The number of benzene rings is 1. The highest BCUT2D eigenvalue weighted by Crippen LogP contribution is 2.17. The Morgan fingerprint density at radius 2 is 2.00 bits per heavy atom. The zero-order valence-corrected chi connectivity index (χ0v) is 7.50. The van der Waals surface area contributed by atoms with Gasteiger partial charge in [0.25, 0.3) is 0 Å². The van der Waals surface area contributed by atoms with Crippen molar-refractivity contribution in [3.8, 4) is 0 Å². The molecular weight excluding hydrogens is 188 g/mol. The molecule has 0 radical (unpaired) electrons. The molecule has 0 bridgehead atoms. The SMILES string of the molecule is Nc1cc(F)c(C=CCCO)cc1F. The normalized spacial score (nSPS) is 11.1. The summed E-state index contributed by atoms with van der Waals surface area (Å²) in [5, 5.41) is 8.47. The lowest BCUT2D eigenvalue weighted by atomic mass is 10.1. The number of nitrogen functional groups attached to an aromatic ring is 1. The Bertz CT molecular complexity index is 350. The fourth-order valence-corrected chi connectivity index (χ4v) is 0.990. The minimum atomic E-state index is -0.643. The highest BCUT2D eigenvalue weighted by atomic mass is 19.1. The quantitative estimate of drug-likeness (QED) is 0.731. The van der Waals surface area contributed by atoms with Crippen molar-refractivity contribution < 1.29 is 13.9 Å². The lowest BCUT2D eigenvalue weighted by Crippen LogP contribution is -1.94. The Kier molecular flexibility index (Phi) is 3.59. The topological polar surface area (TPSA) is 46.2 Å². The predicted molar refractivity (Wildman–Crippen MR) is 51.5 cm³/mol. The van der Waals surface area contributed by atoms with Crippen molar-refractivity contribution in [1.29, 1.82) is 0 Å². The van der Waals surface area contributed by atoms with Crippen LogP contribution in [0.15, 0.2) is 18.2 Å². The Balaban J connectivity index is 2.92. The van der Waals surface area contributed by atoms with E-state index in [0.29, 0.717) is 6.42 Å². The molecule has 0 aliphatic rings. The molecule has 4 heteroatoms. The van der Waals surface area contributed by atoms with Crippen LogP contribution in [0.5, 0.6) is 0 Å². The lowest BCUT2D eigenvalue weighted by molar-refractivity contribution is 0.303. The molecule has 0 heterocycles. The van der Waals surface area contributed by atoms with Crippen LogP contribution in [0.1, 0.15) is 12.0 Å². The highest BCUT2D eigenvalue weighted by Gasteiger charge is 2.04. The van der Waals surface area contributed by atoms with E-state index in [9.17, 15) is 8.78 Å². The fraction of sp³-hybridized carbons (Fsp3) is 0.200. The van der Waals surface area contributed by atoms with Gasteiger partial charge in [0, 0.05) is 18.2 Å². The van der Waals surface area contributed by atoms with Gasteiger partial charge in [0.2, 0.25) is 0 Å². The number of hydrogen-bond donors (Lipinski definition) is 2. The van der Waals surface area contributed by atoms with E-state index in [1.165, 1.54) is 6.08 Å². The lowest BCUT2D eigenvalue weighted by Gasteiger charge is -2.00. The first kappa shape index (κ1) is 10.7. The maximum atomic E-state index is 13.1. The number of aliphatic hydroxyl groups is 1. The summed E-state index contributed by atoms with van der Waals surface area (Å²) in [6, 6.07) is 1.96. The van der Waals surface area contributed by atoms with E-state index in [-0.39, 0.29) is 17.9 Å². The molecule has 0 atom stereocenters. The van der Waals surface area contributed by atoms with Gasteiger partial charge < -0.3 is 10.8 Å². The molecule has 2 nitrogen and oxygen atoms in total. The molecule has 0 saturated heterocycles. The molecule has 1 aromatic rings. The summed E-state index contributed by atoms with van der Waals surface area (Å²) in [5.41, 5.74) is 5.09. The highest BCUT2D eigenvalue weighted by molar-refractivity contribution is 5.55. The Morgan fingerprint density at radius 1 is 1.29 bits per heavy atom. The number of hydrogen-bond acceptors (Lipinski definition) is 2. The third-order valence-electron chi connectivity index (χ3n) is 1.71. The average Bonchev–Trinajstić information content (AvgIpc) is 2.14. The van der Waals surface area contributed by atoms with E-state index in [1.54, 1.807) is 6.08 Å². The summed E-state index contributed by atoms with van der Waals surface area (Å²) in [5.74, 6) is -1.21. The molecule has 0 aliphatic heterocycles. The van der Waals surface area contributed by atoms with Crippen LogP contribution in [0, 0.1) is 11.6 Å². The molecule has 0 unspecified atom stereocenters. The van der Waals surface area contributed by atoms with E-state index in [2.05, 4.69) is 0 Å². The summed E-state index contributed by atoms with van der Waals surface area (Å²) in [4.78, 5) is 0. The van der Waals surface area contributed by atoms with E-state index < -0.39 is 11.6 Å². The predicted octanol–water partition coefficient (Wildman–Crippen LogP) is 1.94. The zero-order valence-electron chi connectivity index (χ0n) is 7.50. The van der Waals surface area contributed by atoms with Crippen LogP contribution in [0.2, 0.25) is 0 Å². The third-order valence-corrected chi connectivity index (χ3v) is 1.71. The monoisotopic (exact) mass is 199 g/mol. The summed E-state index contributed by atoms with van der Waals surface area (Å²) >= 11 is 0. The van der Waals surface area contributed by atoms with Gasteiger partial charge in [-0.05, 0) is 12.5 Å². The molecule has 0 saturated carbocycles. The van der Waals surface area contributed by atoms with E-state index in [1.807, 2.05) is 0 Å². The van der Waals surface area contributed by atoms with Gasteiger partial charge in [0.05, 0.1) is 5.69 Å². The Hall–Kier alpha value is -1.42. The smallest absolute Gasteiger partial charge is 0.146 e. The van der Waals surface area contributed by atoms with Gasteiger partial charge in [-0.25, -0.2) is 8.78 Å². The second-order valence-corrected chi connectivity index (χ2v) is 2.81. The van der Waals surface area contributed by atoms with Gasteiger partial charge in [-0.2, -0.15) is 0 Å². The summed E-state index contributed by atoms with van der Waals surface area (Å²) in [7, 11) is 0. The molecular formula is C10H11F2NO. The minimum absolute atomic E-state index is 0.0183. The summed E-state index contributed by atoms with van der Waals surface area (Å²) in [6.45, 7) is -0.0183. The molecule has 76 valence electrons. The van der Waals surface area contributed by atoms with Crippen LogP contribution in [-0.2, 0) is 0 Å². The standard InChI is InChI=1S/C10H11F2NO/c11-8-6-10(13)9(12)5-7(8)3-1-2-4-14/h1,3,5-6,14H,2,4,13H2. The van der Waals surface area contributed by atoms with Gasteiger partial charge in [-0.15, -0.1) is 0 Å². The fourth-order valence-electron chi connectivity index (χ4n) is 0.990. The van der Waals surface area contributed by atoms with E-state index in [4.69, 9.17) is 10.8 Å². The van der Waals surface area contributed by atoms with Crippen LogP contribution >= 0.6 is 0 Å². The molecule has 1 rings (SSSR count). The van der Waals surface area contributed by atoms with Gasteiger partial charge in [0.15, 0.2) is 0 Å². The zero-order chi connectivity index (χ0) is 10.6. The molecule has 0 spiro atoms. The number of anilines is 1. The average molecular weight is 199 g/mol. The summed E-state index contributed by atoms with van der Waals surface area (Å²) < 4.78 is 26.0. The minimum Gasteiger partial charge on any atom is -0.396 e. The maximum absolute atomic E-state index is 13.1. The summed E-state index contributed by atoms with van der Waals surface area (Å²) in [6.07, 6.45) is 3.38. The van der Waals surface area contributed by atoms with E-state index in [0.717, 1.165) is 12.1 Å². The van der Waals surface area contributed by atoms with Gasteiger partial charge in [-0.1, -0.05) is 12.2 Å². The van der Waals surface area contributed by atoms with Crippen molar-refractivity contribution in [1.82, 2.24) is 0 Å². The van der Waals surface area contributed by atoms with Crippen LogP contribution in [0.4, 0.5) is 14.5 Å². The first-order valence-electron chi connectivity index (χ1n) is 4.17. The molecule has 1 aromatic carbocycles. The van der Waals surface area contributed by atoms with E-state index >= 15 is 0 Å². The third kappa shape index (κ3) is 2.53. The number of halogens is 2. The molecule has 14 heavy (non-hydrogen) atoms. The van der Waals surface area contributed by atoms with Crippen LogP contribution in [0.25, 0.3) is 6.08 Å². The van der Waals surface area contributed by atoms with Crippen molar-refractivity contribution in [2.45, 2.75) is 6.42 Å².